The Bertz CT molecular complexity index is 2780. The Hall–Kier alpha value is -7.18. The number of nitrogens with one attached hydrogen (secondary N) is 4. The number of halogens is 10. The summed E-state index contributed by atoms with van der Waals surface area (Å²) in [6, 6.07) is 4.98. The van der Waals surface area contributed by atoms with E-state index in [2.05, 4.69) is 48.8 Å². The van der Waals surface area contributed by atoms with Gasteiger partial charge >= 0.3 is 31.1 Å². The minimum absolute atomic E-state index is 0.186. The van der Waals surface area contributed by atoms with Gasteiger partial charge < -0.3 is 35.8 Å². The number of rotatable bonds is 18. The van der Waals surface area contributed by atoms with Gasteiger partial charge in [0.25, 0.3) is 5.91 Å². The number of benzene rings is 2. The zero-order valence-corrected chi connectivity index (χ0v) is 42.2. The van der Waals surface area contributed by atoms with Crippen LogP contribution in [0.5, 0.6) is 0 Å². The van der Waals surface area contributed by atoms with Gasteiger partial charge in [0.1, 0.15) is 29.5 Å². The molecule has 2 saturated heterocycles. The van der Waals surface area contributed by atoms with E-state index in [-0.39, 0.29) is 21.4 Å². The van der Waals surface area contributed by atoms with Crippen molar-refractivity contribution in [2.24, 2.45) is 10.8 Å². The number of piperazine rings is 1. The summed E-state index contributed by atoms with van der Waals surface area (Å²) in [5.74, 6) is 0.614. The number of carboxylic acid groups (broad SMARTS) is 1. The van der Waals surface area contributed by atoms with E-state index in [9.17, 15) is 64.5 Å². The van der Waals surface area contributed by atoms with Crippen LogP contribution in [0.1, 0.15) is 69.3 Å². The first-order valence-corrected chi connectivity index (χ1v) is 23.8. The zero-order chi connectivity index (χ0) is 56.9. The molecular weight excluding hydrogens is 1040 g/mol. The van der Waals surface area contributed by atoms with Gasteiger partial charge in [-0.3, -0.25) is 19.9 Å². The van der Waals surface area contributed by atoms with Crippen LogP contribution in [-0.2, 0) is 27.3 Å². The Kier molecular flexibility index (Phi) is 18.1. The smallest absolute Gasteiger partial charge is 0.407 e. The number of hydrogen-bond donors (Lipinski definition) is 6. The largest absolute Gasteiger partial charge is 0.465 e. The maximum Gasteiger partial charge on any atom is 0.407 e. The summed E-state index contributed by atoms with van der Waals surface area (Å²) in [5.41, 5.74) is -4.46. The Morgan fingerprint density at radius 2 is 1.36 bits per heavy atom. The van der Waals surface area contributed by atoms with Gasteiger partial charge in [-0.15, -0.1) is 0 Å². The molecule has 4 amide bonds. The number of aromatic nitrogens is 3. The van der Waals surface area contributed by atoms with Crippen molar-refractivity contribution < 1.29 is 78.0 Å². The van der Waals surface area contributed by atoms with Crippen molar-refractivity contribution in [1.29, 1.82) is 0 Å². The van der Waals surface area contributed by atoms with Crippen LogP contribution >= 0.6 is 0 Å². The molecule has 0 saturated carbocycles. The highest BCUT2D eigenvalue weighted by Crippen LogP contribution is 2.42. The fraction of sp³-hybridized carbons (Fsp3) is 0.480. The molecule has 0 aliphatic carbocycles. The molecule has 6 atom stereocenters. The molecular formula is C50H56F10N10O7. The molecule has 2 aliphatic heterocycles. The van der Waals surface area contributed by atoms with Crippen LogP contribution < -0.4 is 26.3 Å². The number of hydrogen-bond acceptors (Lipinski definition) is 11. The molecule has 4 heterocycles. The van der Waals surface area contributed by atoms with Gasteiger partial charge in [-0.25, -0.2) is 33.0 Å². The normalized spacial score (nSPS) is 17.7. The summed E-state index contributed by atoms with van der Waals surface area (Å²) < 4.78 is 150. The third-order valence-electron chi connectivity index (χ3n) is 13.9. The second-order valence-electron chi connectivity index (χ2n) is 19.8. The molecule has 6 rings (SSSR count). The van der Waals surface area contributed by atoms with Gasteiger partial charge in [0, 0.05) is 72.9 Å². The summed E-state index contributed by atoms with van der Waals surface area (Å²) in [7, 11) is 2.94. The highest BCUT2D eigenvalue weighted by molar-refractivity contribution is 5.87. The Balaban J connectivity index is 1.33. The number of carbonyl (C=O) groups is 4. The predicted octanol–water partition coefficient (Wildman–Crippen LogP) is 6.76. The highest BCUT2D eigenvalue weighted by atomic mass is 19.4. The first kappa shape index (κ1) is 59.1. The van der Waals surface area contributed by atoms with E-state index in [1.807, 2.05) is 22.9 Å². The van der Waals surface area contributed by atoms with Crippen LogP contribution in [0.15, 0.2) is 67.1 Å². The lowest BCUT2D eigenvalue weighted by Gasteiger charge is -2.39. The number of aliphatic hydroxyl groups excluding tert-OH is 1. The van der Waals surface area contributed by atoms with E-state index in [0.717, 1.165) is 51.3 Å². The molecule has 17 nitrogen and oxygen atoms in total. The van der Waals surface area contributed by atoms with Gasteiger partial charge in [-0.05, 0) is 102 Å². The van der Waals surface area contributed by atoms with E-state index < -0.39 is 115 Å². The number of aliphatic hydroxyl groups is 1. The standard InChI is InChI=1S/C50H56F10N10O7/c1-47(2,49(55,56)57)40(65-46(76)77-6)42(72)63-37(17-28-10-7-27(8-11-28)9-12-29-13-16-39(61-20-29)68-23-32-14-15-33(24-68)67(32)5)38(71)26-69(66-43(73)41(64-45(74)75)48(3,4)50(58,59)60)25-34-35(51)18-30(19-36(34)52)31-21-62-70(22-31)44(53)54/h7-8,10-11,13,16,18-22,32-33,37-38,40-41,44,64,71H,14-15,17,23-26H2,1-6H3,(H,63,72)(H,65,76)(H,66,73)(H,74,75)/t32?,33?,37-,38-,40+,41+/m0/s1. The number of carbonyl (C=O) groups excluding carboxylic acids is 3. The monoisotopic (exact) mass is 1100 g/mol. The number of alkyl halides is 8. The number of pyridine rings is 1. The van der Waals surface area contributed by atoms with Crippen molar-refractivity contribution >= 4 is 29.8 Å². The number of anilines is 1. The fourth-order valence-electron chi connectivity index (χ4n) is 8.82. The van der Waals surface area contributed by atoms with Crippen LogP contribution in [-0.4, -0.2) is 141 Å². The zero-order valence-electron chi connectivity index (χ0n) is 42.2. The number of fused-ring (bicyclic) bond motifs is 2. The van der Waals surface area contributed by atoms with Crippen LogP contribution in [0.3, 0.4) is 0 Å². The molecule has 2 aliphatic rings. The van der Waals surface area contributed by atoms with Crippen LogP contribution in [0.4, 0.5) is 59.3 Å². The third kappa shape index (κ3) is 14.1. The molecule has 2 fully saturated rings. The minimum atomic E-state index is -5.28. The molecule has 6 N–H and O–H groups in total. The molecule has 2 aromatic carbocycles. The lowest BCUT2D eigenvalue weighted by Crippen LogP contribution is -2.63. The number of ether oxygens (including phenoxy) is 1. The van der Waals surface area contributed by atoms with Gasteiger partial charge in [0.05, 0.1) is 36.3 Å². The van der Waals surface area contributed by atoms with Gasteiger partial charge in [-0.2, -0.15) is 40.2 Å². The number of hydrazine groups is 1. The number of alkyl carbamates (subject to hydrolysis) is 1. The van der Waals surface area contributed by atoms with Crippen molar-refractivity contribution in [1.82, 2.24) is 46.0 Å². The van der Waals surface area contributed by atoms with Crippen LogP contribution in [0.2, 0.25) is 0 Å². The quantitative estimate of drug-likeness (QED) is 0.0348. The minimum Gasteiger partial charge on any atom is -0.465 e. The SMILES string of the molecule is COC(=O)N[C@H](C(=O)N[C@@H](Cc1ccc(C#Cc2ccc(N3CC4CCC(C3)N4C)nc2)cc1)[C@@H](O)CN(Cc1c(F)cc(-c2cnn(C(F)F)c2)cc1F)NC(=O)[C@@H](NC(=O)O)C(C)(C)C(F)(F)F)C(C)(C)C(F)(F)F. The Morgan fingerprint density at radius 3 is 1.87 bits per heavy atom. The summed E-state index contributed by atoms with van der Waals surface area (Å²) in [6.07, 6.45) is -11.2. The van der Waals surface area contributed by atoms with E-state index in [1.54, 1.807) is 6.20 Å². The van der Waals surface area contributed by atoms with Gasteiger partial charge in [-0.1, -0.05) is 24.0 Å². The average Bonchev–Trinajstić information content (AvgIpc) is 3.91. The summed E-state index contributed by atoms with van der Waals surface area (Å²) in [4.78, 5) is 61.2. The maximum atomic E-state index is 16.0. The van der Waals surface area contributed by atoms with E-state index in [0.29, 0.717) is 68.0 Å². The second-order valence-corrected chi connectivity index (χ2v) is 19.8. The molecule has 77 heavy (non-hydrogen) atoms. The van der Waals surface area contributed by atoms with Crippen molar-refractivity contribution in [3.05, 3.63) is 101 Å². The van der Waals surface area contributed by atoms with Crippen molar-refractivity contribution in [2.75, 3.05) is 38.7 Å². The predicted molar refractivity (Wildman–Crippen MR) is 256 cm³/mol. The lowest BCUT2D eigenvalue weighted by atomic mass is 9.82. The first-order chi connectivity index (χ1) is 35.9. The van der Waals surface area contributed by atoms with Crippen LogP contribution in [0, 0.1) is 34.3 Å². The molecule has 2 bridgehead atoms. The average molecular weight is 1100 g/mol. The number of likely N-dealkylation sites (N-methyl/N-ethyl adjacent to an activating group) is 1. The molecule has 27 heteroatoms. The van der Waals surface area contributed by atoms with Crippen molar-refractivity contribution in [2.45, 2.75) is 109 Å². The van der Waals surface area contributed by atoms with Crippen LogP contribution in [0.25, 0.3) is 11.1 Å². The molecule has 0 spiro atoms. The van der Waals surface area contributed by atoms with E-state index in [4.69, 9.17) is 0 Å². The maximum absolute atomic E-state index is 16.0. The molecule has 4 aromatic rings. The molecule has 418 valence electrons. The summed E-state index contributed by atoms with van der Waals surface area (Å²) in [5, 5.41) is 30.9. The highest BCUT2D eigenvalue weighted by Gasteiger charge is 2.57. The first-order valence-electron chi connectivity index (χ1n) is 23.8. The number of methoxy groups -OCH3 is 1. The molecule has 0 radical (unpaired) electrons. The fourth-order valence-corrected chi connectivity index (χ4v) is 8.82. The summed E-state index contributed by atoms with van der Waals surface area (Å²) >= 11 is 0. The lowest BCUT2D eigenvalue weighted by molar-refractivity contribution is -0.221. The third-order valence-corrected chi connectivity index (χ3v) is 13.9. The van der Waals surface area contributed by atoms with Gasteiger partial charge in [0.15, 0.2) is 0 Å². The summed E-state index contributed by atoms with van der Waals surface area (Å²) in [6.45, 7) is -1.65. The van der Waals surface area contributed by atoms with E-state index >= 15 is 8.78 Å². The topological polar surface area (TPSA) is 207 Å². The number of nitrogens with zero attached hydrogens (tertiary/aromatic N) is 6. The van der Waals surface area contributed by atoms with E-state index in [1.165, 1.54) is 29.6 Å². The molecule has 2 unspecified atom stereocenters. The Morgan fingerprint density at radius 1 is 0.805 bits per heavy atom. The van der Waals surface area contributed by atoms with Crippen molar-refractivity contribution in [3.8, 4) is 23.0 Å². The number of amides is 4. The van der Waals surface area contributed by atoms with Gasteiger partial charge in [0.2, 0.25) is 5.91 Å². The van der Waals surface area contributed by atoms with Crippen molar-refractivity contribution in [3.63, 3.8) is 0 Å². The molecule has 2 aromatic heterocycles. The Labute approximate surface area is 435 Å². The second kappa shape index (κ2) is 23.6.